The molecule has 22 aromatic rings. The number of para-hydroxylation sites is 2. The predicted octanol–water partition coefficient (Wildman–Crippen LogP) is 31.0. The van der Waals surface area contributed by atoms with Gasteiger partial charge in [0.1, 0.15) is 0 Å². The Morgan fingerprint density at radius 1 is 0.172 bits per heavy atom. The molecule has 0 aliphatic rings. The number of nitrogens with zero attached hydrogens (tertiary/aromatic N) is 8. The van der Waals surface area contributed by atoms with Crippen LogP contribution in [0.3, 0.4) is 0 Å². The second kappa shape index (κ2) is 30.6. The highest BCUT2D eigenvalue weighted by Gasteiger charge is 2.29. The van der Waals surface area contributed by atoms with Crippen molar-refractivity contribution < 1.29 is 0 Å². The normalized spacial score (nSPS) is 11.6. The van der Waals surface area contributed by atoms with Crippen molar-refractivity contribution in [3.63, 3.8) is 0 Å². The summed E-state index contributed by atoms with van der Waals surface area (Å²) in [6.07, 6.45) is 0. The fourth-order valence-electron chi connectivity index (χ4n) is 20.2. The number of benzene rings is 18. The Balaban J connectivity index is 0.759. The average Bonchev–Trinajstić information content (AvgIpc) is 1.55. The van der Waals surface area contributed by atoms with Crippen molar-refractivity contribution in [2.45, 2.75) is 55.4 Å². The third kappa shape index (κ3) is 12.8. The molecule has 0 saturated carbocycles. The summed E-state index contributed by atoms with van der Waals surface area (Å²) in [5, 5.41) is 53.5. The molecule has 0 atom stereocenters. The molecule has 0 N–H and O–H groups in total. The van der Waals surface area contributed by atoms with Crippen LogP contribution in [0, 0.1) is 101 Å². The highest BCUT2D eigenvalue weighted by molar-refractivity contribution is 6.17. The molecule has 8 nitrogen and oxygen atoms in total. The van der Waals surface area contributed by atoms with E-state index in [2.05, 4.69) is 395 Å². The van der Waals surface area contributed by atoms with Gasteiger partial charge in [0.25, 0.3) is 0 Å². The Morgan fingerprint density at radius 3 is 0.852 bits per heavy atom. The summed E-state index contributed by atoms with van der Waals surface area (Å²) < 4.78 is 9.45. The van der Waals surface area contributed by atoms with Crippen LogP contribution in [0.5, 0.6) is 0 Å². The summed E-state index contributed by atoms with van der Waals surface area (Å²) in [5.74, 6) is 0. The van der Waals surface area contributed by atoms with Crippen molar-refractivity contribution in [2.24, 2.45) is 0 Å². The molecule has 4 heterocycles. The van der Waals surface area contributed by atoms with E-state index in [0.29, 0.717) is 22.3 Å². The fraction of sp³-hybridized carbons (Fsp3) is 0.0667. The van der Waals surface area contributed by atoms with Gasteiger partial charge in [-0.3, -0.25) is 0 Å². The van der Waals surface area contributed by atoms with Gasteiger partial charge in [-0.05, 0) is 264 Å². The van der Waals surface area contributed by atoms with Gasteiger partial charge in [-0.25, -0.2) is 0 Å². The maximum atomic E-state index is 11.8. The molecular weight excluding hydrogens is 1550 g/mol. The lowest BCUT2D eigenvalue weighted by atomic mass is 9.87. The van der Waals surface area contributed by atoms with Crippen LogP contribution < -0.4 is 0 Å². The van der Waals surface area contributed by atoms with Crippen LogP contribution in [0.4, 0.5) is 0 Å². The van der Waals surface area contributed by atoms with Crippen LogP contribution in [0.15, 0.2) is 352 Å². The summed E-state index contributed by atoms with van der Waals surface area (Å²) >= 11 is 0. The van der Waals surface area contributed by atoms with E-state index < -0.39 is 0 Å². The molecule has 0 unspecified atom stereocenters. The number of nitriles is 4. The van der Waals surface area contributed by atoms with Gasteiger partial charge in [0.2, 0.25) is 0 Å². The Morgan fingerprint density at radius 2 is 0.469 bits per heavy atom. The summed E-state index contributed by atoms with van der Waals surface area (Å²) in [4.78, 5) is 0. The van der Waals surface area contributed by atoms with E-state index in [1.165, 1.54) is 27.8 Å². The van der Waals surface area contributed by atoms with Gasteiger partial charge in [0.05, 0.1) is 113 Å². The molecule has 0 spiro atoms. The molecule has 4 aromatic heterocycles. The number of hydrogen-bond donors (Lipinski definition) is 0. The number of rotatable bonds is 13. The zero-order chi connectivity index (χ0) is 87.0. The monoisotopic (exact) mass is 1630 g/mol. The summed E-state index contributed by atoms with van der Waals surface area (Å²) in [5.41, 5.74) is 40.5. The minimum Gasteiger partial charge on any atom is -0.308 e. The molecule has 0 amide bonds. The van der Waals surface area contributed by atoms with E-state index in [0.717, 1.165) is 227 Å². The number of aromatic nitrogens is 4. The lowest BCUT2D eigenvalue weighted by Gasteiger charge is -2.22. The molecule has 0 radical (unpaired) electrons. The molecule has 0 aliphatic heterocycles. The minimum atomic E-state index is 0.468. The zero-order valence-corrected chi connectivity index (χ0v) is 72.1. The topological polar surface area (TPSA) is 115 Å². The van der Waals surface area contributed by atoms with Crippen LogP contribution in [0.2, 0.25) is 0 Å². The van der Waals surface area contributed by atoms with Crippen molar-refractivity contribution in [2.75, 3.05) is 0 Å². The van der Waals surface area contributed by atoms with Gasteiger partial charge >= 0.3 is 0 Å². The summed E-state index contributed by atoms with van der Waals surface area (Å²) in [6.45, 7) is 17.3. The molecule has 602 valence electrons. The lowest BCUT2D eigenvalue weighted by Crippen LogP contribution is -2.05. The van der Waals surface area contributed by atoms with Gasteiger partial charge in [0, 0.05) is 54.2 Å². The SMILES string of the molecule is Cc1ccc(-c2ccc3c4ccc(-c5ccc(C)cc5)cc4n(-c4cc(C#N)cc(-n5c6cc(-c7ccc(C)cc7)ccc6c6ccc(-c7ccc(C)cc7-c7cc(-c8ccc9c%10ccccc%10n(-c%10cc(C#N)cc(-n%11c%12ccccc%12c%12ccc(-c%13ccc(C)cc%13C)cc%12%11)c%10-c%10cccc(C#N)c%10)c9c8)c(C)cc7C)cc65)c4-c4cccc(C#N)c4)c3c2)cc1. The maximum absolute atomic E-state index is 11.8. The first-order valence-corrected chi connectivity index (χ1v) is 43.5. The number of aryl methyl sites for hydroxylation is 8. The summed E-state index contributed by atoms with van der Waals surface area (Å²) in [7, 11) is 0. The van der Waals surface area contributed by atoms with Crippen LogP contribution in [0.25, 0.3) is 210 Å². The first kappa shape index (κ1) is 77.2. The fourth-order valence-corrected chi connectivity index (χ4v) is 20.2. The second-order valence-electron chi connectivity index (χ2n) is 34.6. The Hall–Kier alpha value is -16.9. The van der Waals surface area contributed by atoms with Gasteiger partial charge in [0.15, 0.2) is 0 Å². The molecule has 0 saturated heterocycles. The van der Waals surface area contributed by atoms with Gasteiger partial charge in [-0.15, -0.1) is 0 Å². The third-order valence-corrected chi connectivity index (χ3v) is 26.4. The molecular formula is C120H82N8. The Bertz CT molecular complexity index is 8580. The van der Waals surface area contributed by atoms with E-state index in [1.807, 2.05) is 54.6 Å². The van der Waals surface area contributed by atoms with Crippen LogP contribution in [-0.4, -0.2) is 18.3 Å². The third-order valence-electron chi connectivity index (χ3n) is 26.4. The lowest BCUT2D eigenvalue weighted by molar-refractivity contribution is 1.13. The standard InChI is InChI=1S/C120H82N8/c1-71-23-31-83(32-24-71)86-37-45-100-101-46-38-87(84-33-25-72(2)26-34-84)61-110(101)127(109(100)60-86)117-58-82(70-124)59-118(120(117)93-18-14-16-80(55-93)68-122)128-111-62-88(85-35-27-73(3)28-36-85)39-47-102(111)103-49-41-90(64-114(103)128)95-44-30-75(5)52-106(95)105-66-104(77(7)53-78(105)8)91-42-50-99-97-20-10-12-22-108(97)126(113(99)65-91)116-57-81(69-123)56-115(119(116)92-17-13-15-79(54-92)67-121)125-107-21-11-9-19-96(107)98-48-40-89(63-112(98)125)94-43-29-74(4)51-76(94)6/h9-66H,1-8H3. The smallest absolute Gasteiger partial charge is 0.0993 e. The largest absolute Gasteiger partial charge is 0.308 e. The predicted molar refractivity (Wildman–Crippen MR) is 529 cm³/mol. The van der Waals surface area contributed by atoms with Crippen molar-refractivity contribution in [3.05, 3.63) is 419 Å². The van der Waals surface area contributed by atoms with Gasteiger partial charge < -0.3 is 18.3 Å². The molecule has 22 rings (SSSR count). The van der Waals surface area contributed by atoms with Crippen LogP contribution in [0.1, 0.15) is 66.8 Å². The average molecular weight is 1640 g/mol. The first-order valence-electron chi connectivity index (χ1n) is 43.5. The van der Waals surface area contributed by atoms with E-state index in [9.17, 15) is 21.0 Å². The molecule has 128 heavy (non-hydrogen) atoms. The zero-order valence-electron chi connectivity index (χ0n) is 72.1. The molecule has 8 heteroatoms. The van der Waals surface area contributed by atoms with E-state index >= 15 is 0 Å². The van der Waals surface area contributed by atoms with Crippen LogP contribution in [-0.2, 0) is 0 Å². The molecule has 0 fully saturated rings. The van der Waals surface area contributed by atoms with Crippen molar-refractivity contribution in [1.29, 1.82) is 21.0 Å². The quantitative estimate of drug-likeness (QED) is 0.114. The van der Waals surface area contributed by atoms with E-state index in [-0.39, 0.29) is 0 Å². The molecule has 0 bridgehead atoms. The van der Waals surface area contributed by atoms with Gasteiger partial charge in [-0.2, -0.15) is 21.0 Å². The minimum absolute atomic E-state index is 0.468. The maximum Gasteiger partial charge on any atom is 0.0993 e. The molecule has 18 aromatic carbocycles. The number of hydrogen-bond acceptors (Lipinski definition) is 4. The van der Waals surface area contributed by atoms with Crippen molar-refractivity contribution >= 4 is 87.2 Å². The molecule has 0 aliphatic carbocycles. The van der Waals surface area contributed by atoms with E-state index in [4.69, 9.17) is 0 Å². The summed E-state index contributed by atoms with van der Waals surface area (Å²) in [6, 6.07) is 137. The Kier molecular flexibility index (Phi) is 18.4. The van der Waals surface area contributed by atoms with Crippen molar-refractivity contribution in [3.8, 4) is 147 Å². The van der Waals surface area contributed by atoms with Gasteiger partial charge in [-0.1, -0.05) is 277 Å². The van der Waals surface area contributed by atoms with E-state index in [1.54, 1.807) is 0 Å². The highest BCUT2D eigenvalue weighted by atomic mass is 15.0. The highest BCUT2D eigenvalue weighted by Crippen LogP contribution is 2.50. The second-order valence-corrected chi connectivity index (χ2v) is 34.6. The van der Waals surface area contributed by atoms with Crippen LogP contribution >= 0.6 is 0 Å². The first-order chi connectivity index (χ1) is 62.5. The number of fused-ring (bicyclic) bond motifs is 12. The van der Waals surface area contributed by atoms with Crippen molar-refractivity contribution in [1.82, 2.24) is 18.3 Å². The Labute approximate surface area is 742 Å².